The van der Waals surface area contributed by atoms with Crippen LogP contribution in [0.5, 0.6) is 0 Å². The maximum absolute atomic E-state index is 12.6. The Morgan fingerprint density at radius 3 is 2.68 bits per heavy atom. The van der Waals surface area contributed by atoms with Gasteiger partial charge in [-0.25, -0.2) is 4.68 Å². The molecular formula is C20H23N5O3. The first-order valence-electron chi connectivity index (χ1n) is 9.35. The molecule has 0 saturated carbocycles. The summed E-state index contributed by atoms with van der Waals surface area (Å²) < 4.78 is 12.9. The molecule has 1 aliphatic rings. The van der Waals surface area contributed by atoms with Crippen LogP contribution in [0.15, 0.2) is 53.1 Å². The van der Waals surface area contributed by atoms with Gasteiger partial charge in [0, 0.05) is 19.6 Å². The molecule has 0 aliphatic carbocycles. The molecule has 1 aromatic carbocycles. The first-order chi connectivity index (χ1) is 13.7. The van der Waals surface area contributed by atoms with E-state index in [1.165, 1.54) is 0 Å². The van der Waals surface area contributed by atoms with Crippen molar-refractivity contribution in [3.8, 4) is 5.69 Å². The lowest BCUT2D eigenvalue weighted by molar-refractivity contribution is 0.0117. The maximum atomic E-state index is 12.6. The number of hydrogen-bond acceptors (Lipinski definition) is 6. The Kier molecular flexibility index (Phi) is 5.50. The van der Waals surface area contributed by atoms with Gasteiger partial charge in [0.1, 0.15) is 11.5 Å². The maximum Gasteiger partial charge on any atom is 0.273 e. The molecule has 146 valence electrons. The number of nitrogens with zero attached hydrogens (tertiary/aromatic N) is 4. The van der Waals surface area contributed by atoms with Crippen molar-refractivity contribution in [2.24, 2.45) is 0 Å². The predicted octanol–water partition coefficient (Wildman–Crippen LogP) is 1.97. The number of nitrogens with one attached hydrogen (secondary N) is 1. The van der Waals surface area contributed by atoms with Gasteiger partial charge >= 0.3 is 0 Å². The molecule has 1 aliphatic heterocycles. The van der Waals surface area contributed by atoms with E-state index in [0.29, 0.717) is 19.8 Å². The second kappa shape index (κ2) is 8.37. The topological polar surface area (TPSA) is 85.4 Å². The zero-order valence-corrected chi connectivity index (χ0v) is 15.7. The number of benzene rings is 1. The monoisotopic (exact) mass is 381 g/mol. The number of aryl methyl sites for hydroxylation is 1. The lowest BCUT2D eigenvalue weighted by atomic mass is 10.1. The van der Waals surface area contributed by atoms with Crippen molar-refractivity contribution in [2.75, 3.05) is 32.8 Å². The summed E-state index contributed by atoms with van der Waals surface area (Å²) in [5.41, 5.74) is 1.13. The summed E-state index contributed by atoms with van der Waals surface area (Å²) in [6.45, 7) is 5.28. The Bertz CT molecular complexity index is 915. The molecule has 1 N–H and O–H groups in total. The molecule has 3 aromatic rings. The Morgan fingerprint density at radius 1 is 1.18 bits per heavy atom. The minimum absolute atomic E-state index is 0.0503. The largest absolute Gasteiger partial charge is 0.465 e. The molecule has 8 nitrogen and oxygen atoms in total. The van der Waals surface area contributed by atoms with Gasteiger partial charge in [-0.05, 0) is 31.2 Å². The summed E-state index contributed by atoms with van der Waals surface area (Å²) in [6.07, 6.45) is 1.63. The number of hydrogen-bond donors (Lipinski definition) is 1. The highest BCUT2D eigenvalue weighted by Gasteiger charge is 2.26. The van der Waals surface area contributed by atoms with Gasteiger partial charge in [-0.1, -0.05) is 23.4 Å². The number of carbonyl (C=O) groups excluding carboxylic acids is 1. The molecule has 1 atom stereocenters. The van der Waals surface area contributed by atoms with Crippen molar-refractivity contribution in [1.29, 1.82) is 0 Å². The summed E-state index contributed by atoms with van der Waals surface area (Å²) in [6, 6.07) is 13.4. The average molecular weight is 381 g/mol. The van der Waals surface area contributed by atoms with E-state index in [2.05, 4.69) is 20.5 Å². The van der Waals surface area contributed by atoms with Gasteiger partial charge in [0.2, 0.25) is 0 Å². The molecule has 4 rings (SSSR count). The minimum atomic E-state index is -0.260. The second-order valence-corrected chi connectivity index (χ2v) is 6.71. The van der Waals surface area contributed by atoms with Gasteiger partial charge in [-0.2, -0.15) is 0 Å². The van der Waals surface area contributed by atoms with Gasteiger partial charge in [-0.3, -0.25) is 9.69 Å². The van der Waals surface area contributed by atoms with E-state index >= 15 is 0 Å². The van der Waals surface area contributed by atoms with Crippen LogP contribution in [0.1, 0.15) is 28.1 Å². The quantitative estimate of drug-likeness (QED) is 0.703. The standard InChI is InChI=1S/C20H23N5O3/c1-15-7-8-19(28-15)18(24-9-11-27-12-10-24)13-21-20(26)17-14-25(23-22-17)16-5-3-2-4-6-16/h2-8,14,18H,9-13H2,1H3,(H,21,26)/t18-/m0/s1. The van der Waals surface area contributed by atoms with Crippen molar-refractivity contribution in [1.82, 2.24) is 25.2 Å². The van der Waals surface area contributed by atoms with Gasteiger partial charge in [-0.15, -0.1) is 5.10 Å². The molecule has 0 radical (unpaired) electrons. The van der Waals surface area contributed by atoms with Gasteiger partial charge in [0.15, 0.2) is 5.69 Å². The van der Waals surface area contributed by atoms with E-state index in [9.17, 15) is 4.79 Å². The van der Waals surface area contributed by atoms with Crippen LogP contribution in [0.25, 0.3) is 5.69 Å². The summed E-state index contributed by atoms with van der Waals surface area (Å²) in [4.78, 5) is 14.9. The molecule has 3 heterocycles. The minimum Gasteiger partial charge on any atom is -0.465 e. The molecule has 2 aromatic heterocycles. The fourth-order valence-electron chi connectivity index (χ4n) is 3.29. The van der Waals surface area contributed by atoms with E-state index < -0.39 is 0 Å². The smallest absolute Gasteiger partial charge is 0.273 e. The first kappa shape index (κ1) is 18.4. The molecule has 1 saturated heterocycles. The van der Waals surface area contributed by atoms with E-state index in [1.807, 2.05) is 49.4 Å². The lowest BCUT2D eigenvalue weighted by Crippen LogP contribution is -2.43. The summed E-state index contributed by atoms with van der Waals surface area (Å²) in [5.74, 6) is 1.43. The average Bonchev–Trinajstić information content (AvgIpc) is 3.39. The van der Waals surface area contributed by atoms with Crippen LogP contribution in [0.2, 0.25) is 0 Å². The summed E-state index contributed by atoms with van der Waals surface area (Å²) in [5, 5.41) is 11.0. The highest BCUT2D eigenvalue weighted by molar-refractivity contribution is 5.91. The van der Waals surface area contributed by atoms with Crippen molar-refractivity contribution in [2.45, 2.75) is 13.0 Å². The molecule has 1 amide bonds. The zero-order chi connectivity index (χ0) is 19.3. The molecule has 1 fully saturated rings. The van der Waals surface area contributed by atoms with Crippen LogP contribution in [0.4, 0.5) is 0 Å². The SMILES string of the molecule is Cc1ccc([C@H](CNC(=O)c2cn(-c3ccccc3)nn2)N2CCOCC2)o1. The van der Waals surface area contributed by atoms with Crippen LogP contribution >= 0.6 is 0 Å². The number of ether oxygens (including phenoxy) is 1. The predicted molar refractivity (Wildman–Crippen MR) is 102 cm³/mol. The van der Waals surface area contributed by atoms with Crippen LogP contribution in [-0.2, 0) is 4.74 Å². The van der Waals surface area contributed by atoms with Gasteiger partial charge < -0.3 is 14.5 Å². The van der Waals surface area contributed by atoms with E-state index in [1.54, 1.807) is 10.9 Å². The summed E-state index contributed by atoms with van der Waals surface area (Å²) in [7, 11) is 0. The Balaban J connectivity index is 1.45. The zero-order valence-electron chi connectivity index (χ0n) is 15.7. The molecule has 0 bridgehead atoms. The third kappa shape index (κ3) is 4.13. The molecular weight excluding hydrogens is 358 g/mol. The van der Waals surface area contributed by atoms with Crippen LogP contribution in [0, 0.1) is 6.92 Å². The van der Waals surface area contributed by atoms with Crippen molar-refractivity contribution in [3.63, 3.8) is 0 Å². The normalized spacial score (nSPS) is 16.0. The van der Waals surface area contributed by atoms with Crippen molar-refractivity contribution >= 4 is 5.91 Å². The number of carbonyl (C=O) groups is 1. The highest BCUT2D eigenvalue weighted by Crippen LogP contribution is 2.23. The summed E-state index contributed by atoms with van der Waals surface area (Å²) >= 11 is 0. The van der Waals surface area contributed by atoms with Gasteiger partial charge in [0.05, 0.1) is 31.1 Å². The van der Waals surface area contributed by atoms with Crippen LogP contribution in [-0.4, -0.2) is 58.6 Å². The number of amides is 1. The second-order valence-electron chi connectivity index (χ2n) is 6.71. The third-order valence-electron chi connectivity index (χ3n) is 4.78. The molecule has 28 heavy (non-hydrogen) atoms. The fourth-order valence-corrected chi connectivity index (χ4v) is 3.29. The lowest BCUT2D eigenvalue weighted by Gasteiger charge is -2.33. The van der Waals surface area contributed by atoms with Crippen molar-refractivity contribution < 1.29 is 13.9 Å². The Labute approximate surface area is 163 Å². The Morgan fingerprint density at radius 2 is 1.96 bits per heavy atom. The Hall–Kier alpha value is -2.97. The number of morpholine rings is 1. The third-order valence-corrected chi connectivity index (χ3v) is 4.78. The highest BCUT2D eigenvalue weighted by atomic mass is 16.5. The van der Waals surface area contributed by atoms with Crippen LogP contribution in [0.3, 0.4) is 0 Å². The van der Waals surface area contributed by atoms with E-state index in [-0.39, 0.29) is 17.6 Å². The van der Waals surface area contributed by atoms with E-state index in [0.717, 1.165) is 30.3 Å². The fraction of sp³-hybridized carbons (Fsp3) is 0.350. The van der Waals surface area contributed by atoms with Crippen LogP contribution < -0.4 is 5.32 Å². The molecule has 8 heteroatoms. The van der Waals surface area contributed by atoms with Crippen molar-refractivity contribution in [3.05, 3.63) is 65.9 Å². The molecule has 0 spiro atoms. The van der Waals surface area contributed by atoms with Gasteiger partial charge in [0.25, 0.3) is 5.91 Å². The number of para-hydroxylation sites is 1. The molecule has 0 unspecified atom stereocenters. The van der Waals surface area contributed by atoms with E-state index in [4.69, 9.17) is 9.15 Å². The number of furan rings is 1. The number of rotatable bonds is 6. The number of aromatic nitrogens is 3. The first-order valence-corrected chi connectivity index (χ1v) is 9.35.